The second-order valence-electron chi connectivity index (χ2n) is 5.14. The lowest BCUT2D eigenvalue weighted by Gasteiger charge is -2.32. The topological polar surface area (TPSA) is 32.3 Å². The van der Waals surface area contributed by atoms with E-state index in [1.165, 1.54) is 6.07 Å². The molecular weight excluding hydrogens is 262 g/mol. The number of hydrogen-bond acceptors (Lipinski definition) is 2. The quantitative estimate of drug-likeness (QED) is 0.917. The number of piperidine rings is 1. The van der Waals surface area contributed by atoms with Crippen LogP contribution in [-0.4, -0.2) is 36.5 Å². The highest BCUT2D eigenvalue weighted by molar-refractivity contribution is 5.78. The number of nitrogens with zero attached hydrogens (tertiary/aromatic N) is 1. The van der Waals surface area contributed by atoms with Crippen molar-refractivity contribution >= 4 is 5.91 Å². The molecule has 1 amide bonds. The molecule has 3 nitrogen and oxygen atoms in total. The summed E-state index contributed by atoms with van der Waals surface area (Å²) in [4.78, 5) is 13.9. The molecule has 1 aliphatic rings. The molecule has 110 valence electrons. The summed E-state index contributed by atoms with van der Waals surface area (Å²) >= 11 is 0. The van der Waals surface area contributed by atoms with Gasteiger partial charge in [0.1, 0.15) is 0 Å². The minimum absolute atomic E-state index is 0.0223. The van der Waals surface area contributed by atoms with Crippen molar-refractivity contribution in [1.82, 2.24) is 10.2 Å². The maximum absolute atomic E-state index is 13.1. The molecule has 0 radical (unpaired) electrons. The molecule has 0 aromatic heterocycles. The van der Waals surface area contributed by atoms with Gasteiger partial charge in [-0.05, 0) is 37.1 Å². The summed E-state index contributed by atoms with van der Waals surface area (Å²) in [5, 5.41) is 3.38. The number of likely N-dealkylation sites (tertiary alicyclic amines) is 1. The average molecular weight is 282 g/mol. The maximum atomic E-state index is 13.1. The normalized spacial score (nSPS) is 16.4. The van der Waals surface area contributed by atoms with Crippen LogP contribution in [0.2, 0.25) is 0 Å². The number of hydrogen-bond donors (Lipinski definition) is 1. The number of rotatable bonds is 4. The summed E-state index contributed by atoms with van der Waals surface area (Å²) in [7, 11) is 0. The van der Waals surface area contributed by atoms with Crippen molar-refractivity contribution in [3.8, 4) is 0 Å². The number of nitrogens with one attached hydrogen (secondary N) is 1. The Balaban J connectivity index is 1.88. The first kappa shape index (κ1) is 14.9. The second-order valence-corrected chi connectivity index (χ2v) is 5.14. The molecule has 0 unspecified atom stereocenters. The highest BCUT2D eigenvalue weighted by atomic mass is 19.2. The standard InChI is InChI=1S/C15H20F2N2O/c1-2-18-12-5-7-19(8-6-12)15(20)10-11-3-4-13(16)14(17)9-11/h3-4,9,12,18H,2,5-8,10H2,1H3. The smallest absolute Gasteiger partial charge is 0.226 e. The molecule has 0 spiro atoms. The van der Waals surface area contributed by atoms with Crippen molar-refractivity contribution < 1.29 is 13.6 Å². The molecule has 1 aromatic rings. The van der Waals surface area contributed by atoms with Gasteiger partial charge in [0.2, 0.25) is 5.91 Å². The first-order valence-corrected chi connectivity index (χ1v) is 7.05. The van der Waals surface area contributed by atoms with Gasteiger partial charge in [0.25, 0.3) is 0 Å². The lowest BCUT2D eigenvalue weighted by atomic mass is 10.0. The van der Waals surface area contributed by atoms with Crippen molar-refractivity contribution in [2.75, 3.05) is 19.6 Å². The van der Waals surface area contributed by atoms with E-state index in [1.807, 2.05) is 0 Å². The molecular formula is C15H20F2N2O. The lowest BCUT2D eigenvalue weighted by molar-refractivity contribution is -0.131. The minimum atomic E-state index is -0.902. The van der Waals surface area contributed by atoms with E-state index in [0.717, 1.165) is 44.6 Å². The number of amides is 1. The van der Waals surface area contributed by atoms with Crippen LogP contribution in [0.25, 0.3) is 0 Å². The zero-order valence-electron chi connectivity index (χ0n) is 11.7. The summed E-state index contributed by atoms with van der Waals surface area (Å²) in [5.74, 6) is -1.81. The van der Waals surface area contributed by atoms with Gasteiger partial charge in [-0.1, -0.05) is 13.0 Å². The molecule has 20 heavy (non-hydrogen) atoms. The third-order valence-corrected chi connectivity index (χ3v) is 3.68. The molecule has 0 bridgehead atoms. The Morgan fingerprint density at radius 3 is 2.60 bits per heavy atom. The number of halogens is 2. The van der Waals surface area contributed by atoms with Crippen LogP contribution in [0.3, 0.4) is 0 Å². The molecule has 1 saturated heterocycles. The predicted molar refractivity (Wildman–Crippen MR) is 73.3 cm³/mol. The Kier molecular flexibility index (Phi) is 5.06. The van der Waals surface area contributed by atoms with E-state index in [2.05, 4.69) is 12.2 Å². The summed E-state index contributed by atoms with van der Waals surface area (Å²) in [6.07, 6.45) is 2.01. The van der Waals surface area contributed by atoms with Gasteiger partial charge in [0.05, 0.1) is 6.42 Å². The van der Waals surface area contributed by atoms with Crippen LogP contribution in [0.4, 0.5) is 8.78 Å². The van der Waals surface area contributed by atoms with Gasteiger partial charge in [-0.2, -0.15) is 0 Å². The maximum Gasteiger partial charge on any atom is 0.226 e. The monoisotopic (exact) mass is 282 g/mol. The second kappa shape index (κ2) is 6.79. The predicted octanol–water partition coefficient (Wildman–Crippen LogP) is 2.11. The average Bonchev–Trinajstić information content (AvgIpc) is 2.44. The summed E-state index contributed by atoms with van der Waals surface area (Å²) in [6, 6.07) is 4.10. The molecule has 1 fully saturated rings. The van der Waals surface area contributed by atoms with Crippen LogP contribution in [0.1, 0.15) is 25.3 Å². The highest BCUT2D eigenvalue weighted by Crippen LogP contribution is 2.14. The Hall–Kier alpha value is -1.49. The van der Waals surface area contributed by atoms with Gasteiger partial charge in [0.15, 0.2) is 11.6 Å². The highest BCUT2D eigenvalue weighted by Gasteiger charge is 2.22. The SMILES string of the molecule is CCNC1CCN(C(=O)Cc2ccc(F)c(F)c2)CC1. The van der Waals surface area contributed by atoms with E-state index in [9.17, 15) is 13.6 Å². The Labute approximate surface area is 118 Å². The van der Waals surface area contributed by atoms with E-state index in [-0.39, 0.29) is 12.3 Å². The zero-order valence-corrected chi connectivity index (χ0v) is 11.7. The molecule has 1 aromatic carbocycles. The third-order valence-electron chi connectivity index (χ3n) is 3.68. The molecule has 1 aliphatic heterocycles. The number of carbonyl (C=O) groups is 1. The Bertz CT molecular complexity index is 471. The molecule has 5 heteroatoms. The zero-order chi connectivity index (χ0) is 14.5. The van der Waals surface area contributed by atoms with Gasteiger partial charge in [-0.15, -0.1) is 0 Å². The first-order chi connectivity index (χ1) is 9.60. The van der Waals surface area contributed by atoms with Crippen molar-refractivity contribution in [2.45, 2.75) is 32.2 Å². The van der Waals surface area contributed by atoms with Crippen molar-refractivity contribution in [3.05, 3.63) is 35.4 Å². The fourth-order valence-corrected chi connectivity index (χ4v) is 2.56. The molecule has 0 aliphatic carbocycles. The van der Waals surface area contributed by atoms with Crippen LogP contribution in [0, 0.1) is 11.6 Å². The Morgan fingerprint density at radius 2 is 2.00 bits per heavy atom. The van der Waals surface area contributed by atoms with Crippen LogP contribution < -0.4 is 5.32 Å². The summed E-state index contributed by atoms with van der Waals surface area (Å²) in [6.45, 7) is 4.45. The van der Waals surface area contributed by atoms with E-state index in [4.69, 9.17) is 0 Å². The van der Waals surface area contributed by atoms with E-state index in [1.54, 1.807) is 4.90 Å². The van der Waals surface area contributed by atoms with Gasteiger partial charge in [0, 0.05) is 19.1 Å². The van der Waals surface area contributed by atoms with E-state index in [0.29, 0.717) is 11.6 Å². The van der Waals surface area contributed by atoms with Crippen molar-refractivity contribution in [3.63, 3.8) is 0 Å². The number of carbonyl (C=O) groups excluding carboxylic acids is 1. The van der Waals surface area contributed by atoms with Crippen molar-refractivity contribution in [2.24, 2.45) is 0 Å². The van der Waals surface area contributed by atoms with Crippen molar-refractivity contribution in [1.29, 1.82) is 0 Å². The largest absolute Gasteiger partial charge is 0.342 e. The molecule has 0 saturated carbocycles. The van der Waals surface area contributed by atoms with Crippen LogP contribution in [0.15, 0.2) is 18.2 Å². The van der Waals surface area contributed by atoms with Crippen LogP contribution in [-0.2, 0) is 11.2 Å². The van der Waals surface area contributed by atoms with Crippen LogP contribution in [0.5, 0.6) is 0 Å². The molecule has 2 rings (SSSR count). The fourth-order valence-electron chi connectivity index (χ4n) is 2.56. The fraction of sp³-hybridized carbons (Fsp3) is 0.533. The summed E-state index contributed by atoms with van der Waals surface area (Å²) < 4.78 is 25.9. The molecule has 1 N–H and O–H groups in total. The molecule has 0 atom stereocenters. The van der Waals surface area contributed by atoms with Gasteiger partial charge >= 0.3 is 0 Å². The first-order valence-electron chi connectivity index (χ1n) is 7.05. The Morgan fingerprint density at radius 1 is 1.30 bits per heavy atom. The number of benzene rings is 1. The minimum Gasteiger partial charge on any atom is -0.342 e. The van der Waals surface area contributed by atoms with Gasteiger partial charge in [-0.25, -0.2) is 8.78 Å². The van der Waals surface area contributed by atoms with Gasteiger partial charge in [-0.3, -0.25) is 4.79 Å². The van der Waals surface area contributed by atoms with E-state index >= 15 is 0 Å². The lowest BCUT2D eigenvalue weighted by Crippen LogP contribution is -2.45. The summed E-state index contributed by atoms with van der Waals surface area (Å²) in [5.41, 5.74) is 0.516. The van der Waals surface area contributed by atoms with Crippen LogP contribution >= 0.6 is 0 Å². The van der Waals surface area contributed by atoms with Gasteiger partial charge < -0.3 is 10.2 Å². The third kappa shape index (κ3) is 3.76. The molecule has 1 heterocycles. The van der Waals surface area contributed by atoms with E-state index < -0.39 is 11.6 Å².